The van der Waals surface area contributed by atoms with Gasteiger partial charge in [-0.15, -0.1) is 0 Å². The van der Waals surface area contributed by atoms with Gasteiger partial charge in [-0.2, -0.15) is 4.39 Å². The van der Waals surface area contributed by atoms with E-state index in [1.54, 1.807) is 6.07 Å². The number of benzene rings is 1. The molecule has 0 heterocycles. The van der Waals surface area contributed by atoms with Crippen LogP contribution < -0.4 is 5.32 Å². The van der Waals surface area contributed by atoms with Crippen LogP contribution >= 0.6 is 0 Å². The lowest BCUT2D eigenvalue weighted by Gasteiger charge is -2.23. The Hall–Kier alpha value is -1.49. The highest BCUT2D eigenvalue weighted by atomic mass is 19.1. The number of nitro groups is 1. The molecule has 1 saturated carbocycles. The Labute approximate surface area is 124 Å². The third kappa shape index (κ3) is 4.24. The van der Waals surface area contributed by atoms with Crippen LogP contribution in [0.5, 0.6) is 0 Å². The van der Waals surface area contributed by atoms with E-state index in [2.05, 4.69) is 12.2 Å². The Morgan fingerprint density at radius 1 is 1.33 bits per heavy atom. The predicted octanol–water partition coefficient (Wildman–Crippen LogP) is 4.18. The minimum absolute atomic E-state index is 0.307. The Bertz CT molecular complexity index is 485. The van der Waals surface area contributed by atoms with Crippen molar-refractivity contribution < 1.29 is 9.31 Å². The molecule has 1 N–H and O–H groups in total. The van der Waals surface area contributed by atoms with Gasteiger partial charge in [0.05, 0.1) is 4.92 Å². The number of nitrogens with zero attached hydrogens (tertiary/aromatic N) is 1. The SMILES string of the molecule is C[C@@H](NCc1cccc([N+](=O)[O-])c1F)C1CCCCCC1. The molecule has 1 atom stereocenters. The molecule has 0 bridgehead atoms. The molecule has 1 aliphatic carbocycles. The summed E-state index contributed by atoms with van der Waals surface area (Å²) in [6.45, 7) is 2.47. The zero-order valence-corrected chi connectivity index (χ0v) is 12.5. The van der Waals surface area contributed by atoms with Gasteiger partial charge in [-0.3, -0.25) is 10.1 Å². The minimum Gasteiger partial charge on any atom is -0.310 e. The first kappa shape index (κ1) is 15.9. The van der Waals surface area contributed by atoms with Crippen molar-refractivity contribution in [3.05, 3.63) is 39.7 Å². The summed E-state index contributed by atoms with van der Waals surface area (Å²) in [5, 5.41) is 14.1. The van der Waals surface area contributed by atoms with Crippen LogP contribution in [0.1, 0.15) is 51.0 Å². The summed E-state index contributed by atoms with van der Waals surface area (Å²) in [5.74, 6) is -0.0997. The highest BCUT2D eigenvalue weighted by Crippen LogP contribution is 2.26. The summed E-state index contributed by atoms with van der Waals surface area (Å²) in [6, 6.07) is 4.65. The Kier molecular flexibility index (Phi) is 5.67. The molecule has 2 rings (SSSR count). The smallest absolute Gasteiger partial charge is 0.305 e. The summed E-state index contributed by atoms with van der Waals surface area (Å²) in [7, 11) is 0. The standard InChI is InChI=1S/C16H23FN2O2/c1-12(13-7-4-2-3-5-8-13)18-11-14-9-6-10-15(16(14)17)19(20)21/h6,9-10,12-13,18H,2-5,7-8,11H2,1H3/t12-/m1/s1. The first-order chi connectivity index (χ1) is 10.1. The summed E-state index contributed by atoms with van der Waals surface area (Å²) in [6.07, 6.45) is 7.58. The molecule has 1 aromatic rings. The van der Waals surface area contributed by atoms with Crippen molar-refractivity contribution in [2.75, 3.05) is 0 Å². The molecule has 0 amide bonds. The van der Waals surface area contributed by atoms with Crippen LogP contribution in [-0.2, 0) is 6.54 Å². The van der Waals surface area contributed by atoms with E-state index >= 15 is 0 Å². The molecule has 21 heavy (non-hydrogen) atoms. The zero-order chi connectivity index (χ0) is 15.2. The lowest BCUT2D eigenvalue weighted by molar-refractivity contribution is -0.387. The van der Waals surface area contributed by atoms with E-state index in [4.69, 9.17) is 0 Å². The van der Waals surface area contributed by atoms with E-state index in [1.807, 2.05) is 0 Å². The fraction of sp³-hybridized carbons (Fsp3) is 0.625. The van der Waals surface area contributed by atoms with Gasteiger partial charge in [0.25, 0.3) is 0 Å². The number of nitrogens with one attached hydrogen (secondary N) is 1. The third-order valence-electron chi connectivity index (χ3n) is 4.48. The van der Waals surface area contributed by atoms with E-state index in [9.17, 15) is 14.5 Å². The molecular formula is C16H23FN2O2. The third-order valence-corrected chi connectivity index (χ3v) is 4.48. The van der Waals surface area contributed by atoms with Gasteiger partial charge in [-0.1, -0.05) is 37.8 Å². The van der Waals surface area contributed by atoms with E-state index in [0.717, 1.165) is 0 Å². The molecule has 0 radical (unpaired) electrons. The van der Waals surface area contributed by atoms with Crippen molar-refractivity contribution in [2.45, 2.75) is 58.0 Å². The average Bonchev–Trinajstić information content (AvgIpc) is 2.74. The van der Waals surface area contributed by atoms with Gasteiger partial charge in [0, 0.05) is 24.2 Å². The maximum Gasteiger partial charge on any atom is 0.305 e. The Morgan fingerprint density at radius 3 is 2.62 bits per heavy atom. The van der Waals surface area contributed by atoms with Crippen LogP contribution in [0.15, 0.2) is 18.2 Å². The van der Waals surface area contributed by atoms with E-state index in [0.29, 0.717) is 24.1 Å². The zero-order valence-electron chi connectivity index (χ0n) is 12.5. The second-order valence-corrected chi connectivity index (χ2v) is 5.93. The van der Waals surface area contributed by atoms with E-state index in [1.165, 1.54) is 50.7 Å². The first-order valence-corrected chi connectivity index (χ1v) is 7.74. The molecule has 0 saturated heterocycles. The molecule has 0 unspecified atom stereocenters. The van der Waals surface area contributed by atoms with Crippen LogP contribution in [0, 0.1) is 21.8 Å². The predicted molar refractivity (Wildman–Crippen MR) is 80.5 cm³/mol. The second-order valence-electron chi connectivity index (χ2n) is 5.93. The average molecular weight is 294 g/mol. The molecule has 5 heteroatoms. The normalized spacial score (nSPS) is 18.2. The largest absolute Gasteiger partial charge is 0.310 e. The molecule has 0 aliphatic heterocycles. The molecule has 1 aromatic carbocycles. The van der Waals surface area contributed by atoms with Gasteiger partial charge in [-0.25, -0.2) is 0 Å². The Balaban J connectivity index is 1.96. The molecule has 116 valence electrons. The number of hydrogen-bond acceptors (Lipinski definition) is 3. The highest BCUT2D eigenvalue weighted by molar-refractivity contribution is 5.36. The number of rotatable bonds is 5. The molecule has 4 nitrogen and oxygen atoms in total. The van der Waals surface area contributed by atoms with Crippen LogP contribution in [0.3, 0.4) is 0 Å². The van der Waals surface area contributed by atoms with Gasteiger partial charge < -0.3 is 5.32 Å². The molecule has 1 aliphatic rings. The quantitative estimate of drug-likeness (QED) is 0.503. The molecular weight excluding hydrogens is 271 g/mol. The fourth-order valence-corrected chi connectivity index (χ4v) is 3.09. The van der Waals surface area contributed by atoms with Gasteiger partial charge in [0.1, 0.15) is 0 Å². The Morgan fingerprint density at radius 2 is 2.00 bits per heavy atom. The van der Waals surface area contributed by atoms with E-state index < -0.39 is 16.4 Å². The van der Waals surface area contributed by atoms with Gasteiger partial charge in [-0.05, 0) is 25.7 Å². The van der Waals surface area contributed by atoms with Gasteiger partial charge in [0.15, 0.2) is 0 Å². The van der Waals surface area contributed by atoms with Crippen LogP contribution in [-0.4, -0.2) is 11.0 Å². The maximum atomic E-state index is 14.0. The minimum atomic E-state index is -0.719. The van der Waals surface area contributed by atoms with Gasteiger partial charge >= 0.3 is 5.69 Å². The van der Waals surface area contributed by atoms with Gasteiger partial charge in [0.2, 0.25) is 5.82 Å². The summed E-state index contributed by atoms with van der Waals surface area (Å²) >= 11 is 0. The lowest BCUT2D eigenvalue weighted by Crippen LogP contribution is -2.33. The van der Waals surface area contributed by atoms with Crippen LogP contribution in [0.4, 0.5) is 10.1 Å². The number of halogens is 1. The molecule has 0 spiro atoms. The highest BCUT2D eigenvalue weighted by Gasteiger charge is 2.21. The summed E-state index contributed by atoms with van der Waals surface area (Å²) in [4.78, 5) is 10.1. The molecule has 0 aromatic heterocycles. The summed E-state index contributed by atoms with van der Waals surface area (Å²) in [5.41, 5.74) is -0.0823. The number of hydrogen-bond donors (Lipinski definition) is 1. The van der Waals surface area contributed by atoms with Crippen molar-refractivity contribution in [3.63, 3.8) is 0 Å². The lowest BCUT2D eigenvalue weighted by atomic mass is 9.93. The van der Waals surface area contributed by atoms with Crippen LogP contribution in [0.2, 0.25) is 0 Å². The summed E-state index contributed by atoms with van der Waals surface area (Å²) < 4.78 is 14.0. The maximum absolute atomic E-state index is 14.0. The monoisotopic (exact) mass is 294 g/mol. The second kappa shape index (κ2) is 7.50. The van der Waals surface area contributed by atoms with Crippen molar-refractivity contribution in [3.8, 4) is 0 Å². The van der Waals surface area contributed by atoms with Crippen molar-refractivity contribution >= 4 is 5.69 Å². The molecule has 1 fully saturated rings. The fourth-order valence-electron chi connectivity index (χ4n) is 3.09. The first-order valence-electron chi connectivity index (χ1n) is 7.74. The van der Waals surface area contributed by atoms with Crippen molar-refractivity contribution in [2.24, 2.45) is 5.92 Å². The van der Waals surface area contributed by atoms with Crippen molar-refractivity contribution in [1.82, 2.24) is 5.32 Å². The van der Waals surface area contributed by atoms with E-state index in [-0.39, 0.29) is 0 Å². The number of nitro benzene ring substituents is 1. The van der Waals surface area contributed by atoms with Crippen LogP contribution in [0.25, 0.3) is 0 Å². The topological polar surface area (TPSA) is 55.2 Å². The van der Waals surface area contributed by atoms with Crippen molar-refractivity contribution in [1.29, 1.82) is 0 Å².